The Morgan fingerprint density at radius 1 is 0.941 bits per heavy atom. The quantitative estimate of drug-likeness (QED) is 0.370. The van der Waals surface area contributed by atoms with Crippen molar-refractivity contribution in [3.05, 3.63) is 65.2 Å². The normalized spacial score (nSPS) is 21.4. The van der Waals surface area contributed by atoms with Crippen LogP contribution in [-0.4, -0.2) is 35.5 Å². The topological polar surface area (TPSA) is 105 Å². The SMILES string of the molecule is O=C(NCCCC(=O)c1ccc(OC2CCC(C(=O)O)CC2)cc1)N[C@@H]1CCc2ccccc21. The molecule has 180 valence electrons. The number of carboxylic acids is 1. The number of Topliss-reactive ketones (excluding diaryl/α,β-unsaturated/α-hetero) is 1. The molecular formula is C27H32N2O5. The average molecular weight is 465 g/mol. The third-order valence-corrected chi connectivity index (χ3v) is 6.81. The van der Waals surface area contributed by atoms with Gasteiger partial charge in [0.15, 0.2) is 5.78 Å². The van der Waals surface area contributed by atoms with E-state index in [4.69, 9.17) is 9.84 Å². The Labute approximate surface area is 199 Å². The molecule has 0 aromatic heterocycles. The lowest BCUT2D eigenvalue weighted by molar-refractivity contribution is -0.143. The number of carbonyl (C=O) groups excluding carboxylic acids is 2. The Hall–Kier alpha value is -3.35. The average Bonchev–Trinajstić information content (AvgIpc) is 3.25. The molecule has 4 rings (SSSR count). The highest BCUT2D eigenvalue weighted by atomic mass is 16.5. The number of carbonyl (C=O) groups is 3. The lowest BCUT2D eigenvalue weighted by Crippen LogP contribution is -2.37. The van der Waals surface area contributed by atoms with Gasteiger partial charge in [0, 0.05) is 18.5 Å². The number of aryl methyl sites for hydroxylation is 1. The molecule has 7 nitrogen and oxygen atoms in total. The number of hydrogen-bond acceptors (Lipinski definition) is 4. The molecule has 3 N–H and O–H groups in total. The molecule has 0 spiro atoms. The zero-order chi connectivity index (χ0) is 23.9. The number of amides is 2. The highest BCUT2D eigenvalue weighted by Crippen LogP contribution is 2.30. The molecule has 0 unspecified atom stereocenters. The molecule has 2 aromatic carbocycles. The molecule has 2 amide bonds. The van der Waals surface area contributed by atoms with Gasteiger partial charge >= 0.3 is 12.0 Å². The summed E-state index contributed by atoms with van der Waals surface area (Å²) in [7, 11) is 0. The Morgan fingerprint density at radius 2 is 1.68 bits per heavy atom. The molecule has 7 heteroatoms. The van der Waals surface area contributed by atoms with Crippen LogP contribution in [0.1, 0.15) is 72.5 Å². The predicted molar refractivity (Wildman–Crippen MR) is 128 cm³/mol. The van der Waals surface area contributed by atoms with Crippen molar-refractivity contribution in [2.24, 2.45) is 5.92 Å². The van der Waals surface area contributed by atoms with E-state index in [1.165, 1.54) is 11.1 Å². The molecule has 1 fully saturated rings. The number of carboxylic acid groups (broad SMARTS) is 1. The van der Waals surface area contributed by atoms with Crippen molar-refractivity contribution in [3.8, 4) is 5.75 Å². The van der Waals surface area contributed by atoms with Gasteiger partial charge in [-0.3, -0.25) is 9.59 Å². The zero-order valence-electron chi connectivity index (χ0n) is 19.3. The fourth-order valence-electron chi connectivity index (χ4n) is 4.85. The third kappa shape index (κ3) is 6.16. The summed E-state index contributed by atoms with van der Waals surface area (Å²) in [5.41, 5.74) is 3.10. The highest BCUT2D eigenvalue weighted by molar-refractivity contribution is 5.96. The minimum atomic E-state index is -0.725. The van der Waals surface area contributed by atoms with Gasteiger partial charge in [-0.25, -0.2) is 4.79 Å². The summed E-state index contributed by atoms with van der Waals surface area (Å²) in [6.45, 7) is 0.437. The molecule has 1 atom stereocenters. The fraction of sp³-hybridized carbons (Fsp3) is 0.444. The Bertz CT molecular complexity index is 1010. The van der Waals surface area contributed by atoms with Gasteiger partial charge in [0.2, 0.25) is 0 Å². The summed E-state index contributed by atoms with van der Waals surface area (Å²) in [5.74, 6) is -0.265. The monoisotopic (exact) mass is 464 g/mol. The summed E-state index contributed by atoms with van der Waals surface area (Å²) in [6, 6.07) is 15.1. The molecule has 0 aliphatic heterocycles. The summed E-state index contributed by atoms with van der Waals surface area (Å²) in [6.07, 6.45) is 5.56. The van der Waals surface area contributed by atoms with Crippen LogP contribution in [0.3, 0.4) is 0 Å². The number of benzene rings is 2. The van der Waals surface area contributed by atoms with Gasteiger partial charge in [0.05, 0.1) is 18.1 Å². The molecule has 2 aliphatic carbocycles. The van der Waals surface area contributed by atoms with Crippen LogP contribution in [0.4, 0.5) is 4.79 Å². The van der Waals surface area contributed by atoms with Crippen LogP contribution in [0.2, 0.25) is 0 Å². The van der Waals surface area contributed by atoms with Gasteiger partial charge in [-0.15, -0.1) is 0 Å². The number of ether oxygens (including phenoxy) is 1. The molecule has 0 heterocycles. The van der Waals surface area contributed by atoms with E-state index < -0.39 is 5.97 Å². The number of nitrogens with one attached hydrogen (secondary N) is 2. The summed E-state index contributed by atoms with van der Waals surface area (Å²) in [5, 5.41) is 15.0. The van der Waals surface area contributed by atoms with Gasteiger partial charge in [-0.1, -0.05) is 24.3 Å². The van der Waals surface area contributed by atoms with Crippen LogP contribution >= 0.6 is 0 Å². The lowest BCUT2D eigenvalue weighted by atomic mass is 9.87. The van der Waals surface area contributed by atoms with E-state index in [9.17, 15) is 14.4 Å². The van der Waals surface area contributed by atoms with Crippen molar-refractivity contribution < 1.29 is 24.2 Å². The first-order valence-corrected chi connectivity index (χ1v) is 12.1. The van der Waals surface area contributed by atoms with Crippen LogP contribution in [0, 0.1) is 5.92 Å². The molecule has 0 bridgehead atoms. The van der Waals surface area contributed by atoms with Crippen molar-refractivity contribution in [2.45, 2.75) is 63.5 Å². The fourth-order valence-corrected chi connectivity index (χ4v) is 4.85. The van der Waals surface area contributed by atoms with Crippen LogP contribution in [0.15, 0.2) is 48.5 Å². The Balaban J connectivity index is 1.14. The van der Waals surface area contributed by atoms with E-state index in [-0.39, 0.29) is 29.9 Å². The first-order valence-electron chi connectivity index (χ1n) is 12.1. The van der Waals surface area contributed by atoms with Gasteiger partial charge in [-0.2, -0.15) is 0 Å². The molecule has 2 aromatic rings. The van der Waals surface area contributed by atoms with Crippen molar-refractivity contribution in [1.82, 2.24) is 10.6 Å². The minimum absolute atomic E-state index is 0.0204. The van der Waals surface area contributed by atoms with Gasteiger partial charge in [0.25, 0.3) is 0 Å². The van der Waals surface area contributed by atoms with E-state index in [0.29, 0.717) is 43.5 Å². The number of urea groups is 1. The van der Waals surface area contributed by atoms with Gasteiger partial charge < -0.3 is 20.5 Å². The zero-order valence-corrected chi connectivity index (χ0v) is 19.3. The largest absolute Gasteiger partial charge is 0.490 e. The maximum atomic E-state index is 12.5. The number of aliphatic carboxylic acids is 1. The summed E-state index contributed by atoms with van der Waals surface area (Å²) < 4.78 is 5.96. The second-order valence-electron chi connectivity index (χ2n) is 9.17. The number of hydrogen-bond donors (Lipinski definition) is 3. The van der Waals surface area contributed by atoms with Crippen molar-refractivity contribution >= 4 is 17.8 Å². The molecule has 0 saturated heterocycles. The molecule has 0 radical (unpaired) electrons. The van der Waals surface area contributed by atoms with Crippen molar-refractivity contribution in [3.63, 3.8) is 0 Å². The van der Waals surface area contributed by atoms with Crippen LogP contribution < -0.4 is 15.4 Å². The Morgan fingerprint density at radius 3 is 2.41 bits per heavy atom. The van der Waals surface area contributed by atoms with E-state index in [0.717, 1.165) is 25.7 Å². The number of rotatable bonds is 9. The highest BCUT2D eigenvalue weighted by Gasteiger charge is 2.27. The van der Waals surface area contributed by atoms with Gasteiger partial charge in [0.1, 0.15) is 5.75 Å². The van der Waals surface area contributed by atoms with Crippen molar-refractivity contribution in [2.75, 3.05) is 6.54 Å². The first kappa shape index (κ1) is 23.8. The second kappa shape index (κ2) is 11.2. The van der Waals surface area contributed by atoms with E-state index in [2.05, 4.69) is 22.8 Å². The molecule has 2 aliphatic rings. The second-order valence-corrected chi connectivity index (χ2v) is 9.17. The van der Waals surface area contributed by atoms with Gasteiger partial charge in [-0.05, 0) is 80.3 Å². The van der Waals surface area contributed by atoms with Crippen molar-refractivity contribution in [1.29, 1.82) is 0 Å². The molecule has 34 heavy (non-hydrogen) atoms. The summed E-state index contributed by atoms with van der Waals surface area (Å²) >= 11 is 0. The predicted octanol–water partition coefficient (Wildman–Crippen LogP) is 4.66. The minimum Gasteiger partial charge on any atom is -0.490 e. The molecule has 1 saturated carbocycles. The van der Waals surface area contributed by atoms with Crippen LogP contribution in [-0.2, 0) is 11.2 Å². The molecular weight excluding hydrogens is 432 g/mol. The lowest BCUT2D eigenvalue weighted by Gasteiger charge is -2.26. The van der Waals surface area contributed by atoms with Crippen LogP contribution in [0.25, 0.3) is 0 Å². The smallest absolute Gasteiger partial charge is 0.315 e. The van der Waals surface area contributed by atoms with E-state index in [1.807, 2.05) is 12.1 Å². The standard InChI is InChI=1S/C27H32N2O5/c30-25(6-3-17-28-27(33)29-24-16-11-18-4-1-2-5-23(18)24)19-7-12-21(13-8-19)34-22-14-9-20(10-15-22)26(31)32/h1-2,4-5,7-8,12-13,20,22,24H,3,6,9-11,14-17H2,(H,31,32)(H2,28,29,33)/t20?,22?,24-/m1/s1. The maximum absolute atomic E-state index is 12.5. The van der Waals surface area contributed by atoms with Crippen LogP contribution in [0.5, 0.6) is 5.75 Å². The Kier molecular flexibility index (Phi) is 7.83. The van der Waals surface area contributed by atoms with E-state index >= 15 is 0 Å². The first-order chi connectivity index (χ1) is 16.5. The third-order valence-electron chi connectivity index (χ3n) is 6.81. The maximum Gasteiger partial charge on any atom is 0.315 e. The number of fused-ring (bicyclic) bond motifs is 1. The van der Waals surface area contributed by atoms with E-state index in [1.54, 1.807) is 24.3 Å². The summed E-state index contributed by atoms with van der Waals surface area (Å²) in [4.78, 5) is 35.8. The number of ketones is 1.